The average Bonchev–Trinajstić information content (AvgIpc) is 1.66. The molecule has 1 amide bonds. The number of nitrogens with zero attached hydrogens (tertiary/aromatic N) is 2. The number of ether oxygens (including phenoxy) is 2. The number of thiophene rings is 1. The van der Waals surface area contributed by atoms with E-state index in [0.717, 1.165) is 33.7 Å². The van der Waals surface area contributed by atoms with Gasteiger partial charge in [-0.05, 0) is 277 Å². The Morgan fingerprint density at radius 3 is 0.917 bits per heavy atom. The Bertz CT molecular complexity index is 5590. The number of benzene rings is 8. The van der Waals surface area contributed by atoms with Crippen LogP contribution in [0.15, 0.2) is 193 Å². The van der Waals surface area contributed by atoms with Crippen LogP contribution in [0.1, 0.15) is 497 Å². The van der Waals surface area contributed by atoms with Crippen LogP contribution >= 0.6 is 11.3 Å². The fraction of sp³-hybridized carbons (Fsp3) is 0.549. The Kier molecular flexibility index (Phi) is 54.1. The van der Waals surface area contributed by atoms with E-state index in [1.807, 2.05) is 84.4 Å². The highest BCUT2D eigenvalue weighted by molar-refractivity contribution is 7.08. The molecule has 11 aromatic rings. The Morgan fingerprint density at radius 2 is 0.586 bits per heavy atom. The quantitative estimate of drug-likeness (QED) is 0.168. The van der Waals surface area contributed by atoms with Gasteiger partial charge in [-0.2, -0.15) is 11.3 Å². The fourth-order valence-electron chi connectivity index (χ4n) is 16.3. The summed E-state index contributed by atoms with van der Waals surface area (Å²) in [5.41, 5.74) is 28.6. The van der Waals surface area contributed by atoms with Crippen LogP contribution < -0.4 is 15.2 Å². The van der Waals surface area contributed by atoms with Crippen molar-refractivity contribution < 1.29 is 36.2 Å². The number of amides is 1. The smallest absolute Gasteiger partial charge is 0.248 e. The lowest BCUT2D eigenvalue weighted by Crippen LogP contribution is -2.23. The summed E-state index contributed by atoms with van der Waals surface area (Å²) in [7, 11) is 0. The summed E-state index contributed by atoms with van der Waals surface area (Å²) in [6, 6.07) is 49.1. The second-order valence-electron chi connectivity index (χ2n) is 53.5. The molecule has 3 heterocycles. The standard InChI is InChI=1S/C21H27FO.C20H25FO.C15H22N2.C15H23NO.3C14H21F.C12H20S.8CH4/c1-20(2,3)17-12-11-16(13-18(17)21(4,5)6)23-14-15-9-7-8-10-19(15)22;1-19(2,3)15-12-11-14(13-16(15)20(4,5)6)22-18-10-8-7-9-17(18)21;1-14(2,3)11-9-13-16-7-8-17(13)10-12(11)15(4,5)6;1-14(2,3)11-8-7-10(13(16)17)9-12(11)15(4,5)6;2*1-13(2,3)11-8-7-10(15)9-12(11)14(4,5)6;1-13(2,3)10-8-7-9-11(15)12(10)14(4,5)6;1-11(2,3)9-7-13-8-10(9)12(4,5)6;;;;;;;;/h7-13H,14H2,1-6H3;7-13H,1-6H3;7-10H,1-6H3;7-9H,1-6H3,(H2,16,17);3*7-9H,1-6H3;7-8H,1-6H3;8*1H4. The number of hydrogen-bond acceptors (Lipinski definition) is 5. The van der Waals surface area contributed by atoms with Gasteiger partial charge in [0, 0.05) is 29.7 Å². The first kappa shape index (κ1) is 144. The molecule has 0 unspecified atom stereocenters. The lowest BCUT2D eigenvalue weighted by molar-refractivity contribution is 0.1000. The molecule has 818 valence electrons. The zero-order valence-corrected chi connectivity index (χ0v) is 95.0. The number of para-hydroxylation sites is 1. The van der Waals surface area contributed by atoms with Crippen LogP contribution in [0.2, 0.25) is 0 Å². The van der Waals surface area contributed by atoms with Gasteiger partial charge in [-0.1, -0.05) is 465 Å². The number of carbonyl (C=O) groups excluding carboxylic acids is 1. The SMILES string of the molecule is C.C.C.C.C.C.C.C.CC(C)(C)c1cc2nccn2cc1C(C)(C)C.CC(C)(C)c1ccc(C(N)=O)cc1C(C)(C)C.CC(C)(C)c1ccc(F)cc1C(C)(C)C.CC(C)(C)c1ccc(F)cc1C(C)(C)C.CC(C)(C)c1ccc(OCc2ccccc2F)cc1C(C)(C)C.CC(C)(C)c1ccc(Oc2ccccc2F)cc1C(C)(C)C.CC(C)(C)c1cccc(F)c1C(C)(C)C.CC(C)(C)c1cscc1C(C)(C)C. The van der Waals surface area contributed by atoms with Gasteiger partial charge < -0.3 is 19.6 Å². The first-order valence-electron chi connectivity index (χ1n) is 49.0. The maximum atomic E-state index is 13.9. The topological polar surface area (TPSA) is 78.9 Å². The Labute approximate surface area is 893 Å². The van der Waals surface area contributed by atoms with Crippen molar-refractivity contribution >= 4 is 22.9 Å². The predicted octanol–water partition coefficient (Wildman–Crippen LogP) is 42.2. The Morgan fingerprint density at radius 1 is 0.290 bits per heavy atom. The minimum absolute atomic E-state index is 0. The Hall–Kier alpha value is -9.13. The molecule has 6 nitrogen and oxygen atoms in total. The van der Waals surface area contributed by atoms with Crippen molar-refractivity contribution in [3.8, 4) is 17.2 Å². The predicted molar refractivity (Wildman–Crippen MR) is 637 cm³/mol. The normalized spacial score (nSPS) is 12.1. The average molecular weight is 2030 g/mol. The monoisotopic (exact) mass is 2030 g/mol. The number of imidazole rings is 1. The second kappa shape index (κ2) is 54.4. The van der Waals surface area contributed by atoms with Crippen LogP contribution in [0.25, 0.3) is 5.65 Å². The van der Waals surface area contributed by atoms with Gasteiger partial charge >= 0.3 is 0 Å². The molecule has 0 spiro atoms. The minimum atomic E-state index is -0.365. The van der Waals surface area contributed by atoms with E-state index in [0.29, 0.717) is 16.9 Å². The third kappa shape index (κ3) is 43.9. The summed E-state index contributed by atoms with van der Waals surface area (Å²) in [6.45, 7) is 105. The van der Waals surface area contributed by atoms with Gasteiger partial charge in [-0.15, -0.1) is 0 Å². The van der Waals surface area contributed by atoms with Gasteiger partial charge in [0.1, 0.15) is 47.0 Å². The lowest BCUT2D eigenvalue weighted by Gasteiger charge is -2.30. The number of rotatable bonds is 6. The Balaban J connectivity index is -0.000000514. The molecule has 0 saturated heterocycles. The van der Waals surface area contributed by atoms with Crippen LogP contribution in [0.5, 0.6) is 17.2 Å². The number of halogens is 5. The van der Waals surface area contributed by atoms with Crippen molar-refractivity contribution in [2.45, 2.75) is 485 Å². The highest BCUT2D eigenvalue weighted by atomic mass is 32.1. The van der Waals surface area contributed by atoms with E-state index in [9.17, 15) is 26.7 Å². The summed E-state index contributed by atoms with van der Waals surface area (Å²) in [6.07, 6.45) is 6.09. The molecule has 11 rings (SSSR count). The minimum Gasteiger partial charge on any atom is -0.489 e. The zero-order chi connectivity index (χ0) is 106. The van der Waals surface area contributed by atoms with Gasteiger partial charge in [0.15, 0.2) is 11.6 Å². The molecule has 0 bridgehead atoms. The number of primary amides is 1. The molecule has 0 aliphatic heterocycles. The highest BCUT2D eigenvalue weighted by Crippen LogP contribution is 2.45. The van der Waals surface area contributed by atoms with Crippen molar-refractivity contribution in [1.29, 1.82) is 0 Å². The fourth-order valence-corrected chi connectivity index (χ4v) is 17.6. The first-order valence-corrected chi connectivity index (χ1v) is 49.9. The first-order chi connectivity index (χ1) is 61.5. The number of nitrogens with two attached hydrogens (primary N) is 1. The maximum Gasteiger partial charge on any atom is 0.248 e. The van der Waals surface area contributed by atoms with Gasteiger partial charge in [-0.3, -0.25) is 4.79 Å². The van der Waals surface area contributed by atoms with Crippen molar-refractivity contribution in [2.75, 3.05) is 0 Å². The van der Waals surface area contributed by atoms with E-state index < -0.39 is 0 Å². The van der Waals surface area contributed by atoms with Crippen LogP contribution in [0, 0.1) is 29.1 Å². The number of hydrogen-bond donors (Lipinski definition) is 1. The molecule has 12 heteroatoms. The van der Waals surface area contributed by atoms with Crippen LogP contribution in [-0.2, 0) is 93.2 Å². The molecule has 0 aliphatic rings. The van der Waals surface area contributed by atoms with Crippen LogP contribution in [-0.4, -0.2) is 15.3 Å². The summed E-state index contributed by atoms with van der Waals surface area (Å²) in [5.74, 6) is 0.390. The number of pyridine rings is 1. The highest BCUT2D eigenvalue weighted by Gasteiger charge is 2.35. The molecule has 2 N–H and O–H groups in total. The van der Waals surface area contributed by atoms with E-state index in [2.05, 4.69) is 383 Å². The van der Waals surface area contributed by atoms with E-state index in [-0.39, 0.29) is 193 Å². The largest absolute Gasteiger partial charge is 0.489 e. The van der Waals surface area contributed by atoms with Gasteiger partial charge in [0.25, 0.3) is 0 Å². The zero-order valence-electron chi connectivity index (χ0n) is 94.2. The lowest BCUT2D eigenvalue weighted by atomic mass is 9.74. The third-order valence-corrected chi connectivity index (χ3v) is 24.5. The van der Waals surface area contributed by atoms with Crippen LogP contribution in [0.4, 0.5) is 22.0 Å². The summed E-state index contributed by atoms with van der Waals surface area (Å²) in [4.78, 5) is 15.6. The second-order valence-corrected chi connectivity index (χ2v) is 54.2. The van der Waals surface area contributed by atoms with Gasteiger partial charge in [-0.25, -0.2) is 26.9 Å². The van der Waals surface area contributed by atoms with Gasteiger partial charge in [0.2, 0.25) is 5.91 Å². The third-order valence-electron chi connectivity index (χ3n) is 23.7. The van der Waals surface area contributed by atoms with Crippen molar-refractivity contribution in [1.82, 2.24) is 9.38 Å². The van der Waals surface area contributed by atoms with Crippen molar-refractivity contribution in [3.63, 3.8) is 0 Å². The molecule has 145 heavy (non-hydrogen) atoms. The number of fused-ring (bicyclic) bond motifs is 1. The molecule has 0 fully saturated rings. The van der Waals surface area contributed by atoms with E-state index >= 15 is 0 Å². The molecular weight excluding hydrogens is 1810 g/mol. The van der Waals surface area contributed by atoms with Gasteiger partial charge in [0.05, 0.1) is 0 Å². The van der Waals surface area contributed by atoms with Crippen LogP contribution in [0.3, 0.4) is 0 Å². The van der Waals surface area contributed by atoms with E-state index in [1.54, 1.807) is 66.7 Å². The molecular formula is C133H212F5N3O3S. The molecule has 0 aliphatic carbocycles. The molecule has 0 saturated carbocycles. The number of carbonyl (C=O) groups is 1. The molecule has 0 radical (unpaired) electrons. The molecule has 0 atom stereocenters. The summed E-state index contributed by atoms with van der Waals surface area (Å²) < 4.78 is 81.5. The summed E-state index contributed by atoms with van der Waals surface area (Å²) in [5, 5.41) is 4.58. The van der Waals surface area contributed by atoms with Crippen molar-refractivity contribution in [2.24, 2.45) is 5.73 Å². The van der Waals surface area contributed by atoms with E-state index in [4.69, 9.17) is 15.2 Å². The maximum absolute atomic E-state index is 13.9. The molecule has 8 aromatic carbocycles. The van der Waals surface area contributed by atoms with E-state index in [1.165, 1.54) is 78.9 Å². The number of aromatic nitrogens is 2. The summed E-state index contributed by atoms with van der Waals surface area (Å²) >= 11 is 1.82. The van der Waals surface area contributed by atoms with Crippen molar-refractivity contribution in [3.05, 3.63) is 322 Å². The molecule has 3 aromatic heterocycles.